The Bertz CT molecular complexity index is 1290. The molecule has 2 heterocycles. The highest BCUT2D eigenvalue weighted by atomic mass is 32.1. The van der Waals surface area contributed by atoms with Crippen LogP contribution < -0.4 is 14.8 Å². The minimum atomic E-state index is -0.290. The van der Waals surface area contributed by atoms with E-state index in [2.05, 4.69) is 16.7 Å². The van der Waals surface area contributed by atoms with Gasteiger partial charge in [-0.05, 0) is 47.5 Å². The lowest BCUT2D eigenvalue weighted by atomic mass is 10.2. The molecule has 0 saturated carbocycles. The third-order valence-electron chi connectivity index (χ3n) is 4.04. The summed E-state index contributed by atoms with van der Waals surface area (Å²) in [5, 5.41) is 4.25. The molecule has 29 heavy (non-hydrogen) atoms. The van der Waals surface area contributed by atoms with Gasteiger partial charge >= 0.3 is 0 Å². The quantitative estimate of drug-likeness (QED) is 0.460. The Morgan fingerprint density at radius 3 is 2.48 bits per heavy atom. The number of nitrogens with zero attached hydrogens (tertiary/aromatic N) is 3. The van der Waals surface area contributed by atoms with E-state index in [9.17, 15) is 9.18 Å². The highest BCUT2D eigenvalue weighted by molar-refractivity contribution is 7.15. The summed E-state index contributed by atoms with van der Waals surface area (Å²) in [5.41, 5.74) is 1.49. The number of ether oxygens (including phenoxy) is 1. The maximum Gasteiger partial charge on any atom is 0.291 e. The van der Waals surface area contributed by atoms with Crippen molar-refractivity contribution in [2.45, 2.75) is 0 Å². The van der Waals surface area contributed by atoms with Gasteiger partial charge in [-0.25, -0.2) is 4.39 Å². The molecule has 0 aliphatic heterocycles. The van der Waals surface area contributed by atoms with Crippen LogP contribution >= 0.6 is 11.3 Å². The molecule has 7 heteroatoms. The number of halogens is 1. The molecule has 2 aromatic carbocycles. The fourth-order valence-corrected chi connectivity index (χ4v) is 3.55. The number of benzene rings is 2. The Hall–Kier alpha value is -3.58. The average molecular weight is 405 g/mol. The van der Waals surface area contributed by atoms with Gasteiger partial charge in [0.1, 0.15) is 18.2 Å². The topological polar surface area (TPSA) is 56.5 Å². The van der Waals surface area contributed by atoms with E-state index in [1.807, 2.05) is 24.3 Å². The van der Waals surface area contributed by atoms with Gasteiger partial charge < -0.3 is 4.74 Å². The summed E-state index contributed by atoms with van der Waals surface area (Å²) in [6, 6.07) is 13.5. The first-order valence-corrected chi connectivity index (χ1v) is 9.63. The second-order valence-electron chi connectivity index (χ2n) is 6.13. The van der Waals surface area contributed by atoms with Crippen LogP contribution in [0.3, 0.4) is 0 Å². The van der Waals surface area contributed by atoms with Crippen molar-refractivity contribution in [3.8, 4) is 5.75 Å². The van der Waals surface area contributed by atoms with Crippen LogP contribution in [-0.2, 0) is 0 Å². The maximum atomic E-state index is 13.0. The summed E-state index contributed by atoms with van der Waals surface area (Å²) < 4.78 is 20.3. The van der Waals surface area contributed by atoms with E-state index in [1.165, 1.54) is 28.0 Å². The molecule has 0 aliphatic carbocycles. The lowest BCUT2D eigenvalue weighted by Crippen LogP contribution is -2.23. The number of aromatic nitrogens is 3. The molecule has 0 radical (unpaired) electrons. The van der Waals surface area contributed by atoms with Crippen molar-refractivity contribution in [2.75, 3.05) is 6.61 Å². The minimum Gasteiger partial charge on any atom is -0.490 e. The average Bonchev–Trinajstić information content (AvgIpc) is 3.26. The summed E-state index contributed by atoms with van der Waals surface area (Å²) in [4.78, 5) is 17.5. The second kappa shape index (κ2) is 8.20. The van der Waals surface area contributed by atoms with Crippen LogP contribution in [0.1, 0.15) is 17.0 Å². The van der Waals surface area contributed by atoms with Crippen LogP contribution in [0, 0.1) is 5.82 Å². The molecule has 0 fully saturated rings. The minimum absolute atomic E-state index is 0.217. The van der Waals surface area contributed by atoms with Crippen LogP contribution in [-0.4, -0.2) is 21.2 Å². The molecule has 4 aromatic rings. The van der Waals surface area contributed by atoms with E-state index < -0.39 is 0 Å². The first-order valence-electron chi connectivity index (χ1n) is 8.81. The maximum absolute atomic E-state index is 13.0. The van der Waals surface area contributed by atoms with Crippen molar-refractivity contribution in [1.29, 1.82) is 0 Å². The van der Waals surface area contributed by atoms with E-state index in [0.29, 0.717) is 21.9 Å². The molecule has 0 unspecified atom stereocenters. The third-order valence-corrected chi connectivity index (χ3v) is 5.00. The summed E-state index contributed by atoms with van der Waals surface area (Å²) in [6.07, 6.45) is 6.94. The smallest absolute Gasteiger partial charge is 0.291 e. The lowest BCUT2D eigenvalue weighted by molar-refractivity contribution is 0.363. The molecule has 5 nitrogen and oxygen atoms in total. The van der Waals surface area contributed by atoms with Gasteiger partial charge in [0.15, 0.2) is 5.82 Å². The predicted molar refractivity (Wildman–Crippen MR) is 113 cm³/mol. The molecule has 0 saturated heterocycles. The van der Waals surface area contributed by atoms with Crippen molar-refractivity contribution in [3.05, 3.63) is 98.8 Å². The van der Waals surface area contributed by atoms with Gasteiger partial charge in [-0.3, -0.25) is 4.79 Å². The first kappa shape index (κ1) is 18.8. The van der Waals surface area contributed by atoms with Gasteiger partial charge in [-0.15, -0.1) is 5.10 Å². The van der Waals surface area contributed by atoms with Crippen molar-refractivity contribution < 1.29 is 9.13 Å². The molecule has 4 rings (SSSR count). The molecule has 0 amide bonds. The van der Waals surface area contributed by atoms with Crippen molar-refractivity contribution >= 4 is 34.5 Å². The van der Waals surface area contributed by atoms with Crippen LogP contribution in [0.2, 0.25) is 0 Å². The number of fused-ring (bicyclic) bond motifs is 1. The molecular weight excluding hydrogens is 389 g/mol. The Morgan fingerprint density at radius 1 is 1.07 bits per heavy atom. The molecule has 0 spiro atoms. The van der Waals surface area contributed by atoms with Gasteiger partial charge in [0, 0.05) is 0 Å². The second-order valence-corrected chi connectivity index (χ2v) is 7.14. The highest BCUT2D eigenvalue weighted by Gasteiger charge is 2.08. The third kappa shape index (κ3) is 4.30. The van der Waals surface area contributed by atoms with E-state index in [4.69, 9.17) is 4.74 Å². The number of thiazole rings is 1. The molecular formula is C22H16FN3O2S. The summed E-state index contributed by atoms with van der Waals surface area (Å²) >= 11 is 1.27. The van der Waals surface area contributed by atoms with Gasteiger partial charge in [-0.2, -0.15) is 9.50 Å². The highest BCUT2D eigenvalue weighted by Crippen LogP contribution is 2.13. The Labute approximate surface area is 169 Å². The predicted octanol–water partition coefficient (Wildman–Crippen LogP) is 3.57. The molecule has 0 bridgehead atoms. The number of hydrogen-bond acceptors (Lipinski definition) is 5. The van der Waals surface area contributed by atoms with Crippen molar-refractivity contribution in [3.63, 3.8) is 0 Å². The Kier molecular flexibility index (Phi) is 5.31. The van der Waals surface area contributed by atoms with Crippen LogP contribution in [0.5, 0.6) is 5.75 Å². The first-order chi connectivity index (χ1) is 14.1. The fraction of sp³-hybridized carbons (Fsp3) is 0.0455. The monoisotopic (exact) mass is 405 g/mol. The van der Waals surface area contributed by atoms with E-state index in [-0.39, 0.29) is 11.4 Å². The molecule has 144 valence electrons. The number of hydrogen-bond donors (Lipinski definition) is 0. The van der Waals surface area contributed by atoms with Crippen molar-refractivity contribution in [1.82, 2.24) is 14.6 Å². The lowest BCUT2D eigenvalue weighted by Gasteiger charge is -2.02. The summed E-state index contributed by atoms with van der Waals surface area (Å²) in [7, 11) is 0. The SMILES string of the molecule is C=CCOc1ccc(C=c2sc3nc(C=Cc4ccc(F)cc4)nn3c2=O)cc1. The van der Waals surface area contributed by atoms with Gasteiger partial charge in [-0.1, -0.05) is 54.3 Å². The van der Waals surface area contributed by atoms with Crippen molar-refractivity contribution in [2.24, 2.45) is 0 Å². The standard InChI is InChI=1S/C22H16FN3O2S/c1-2-13-28-18-10-5-16(6-11-18)14-19-21(27)26-22(29-19)24-20(25-26)12-7-15-3-8-17(23)9-4-15/h2-12,14H,1,13H2. The van der Waals surface area contributed by atoms with Gasteiger partial charge in [0.2, 0.25) is 4.96 Å². The molecule has 0 N–H and O–H groups in total. The van der Waals surface area contributed by atoms with E-state index >= 15 is 0 Å². The fourth-order valence-electron chi connectivity index (χ4n) is 2.63. The zero-order chi connectivity index (χ0) is 20.2. The Morgan fingerprint density at radius 2 is 1.79 bits per heavy atom. The molecule has 0 atom stereocenters. The van der Waals surface area contributed by atoms with Crippen LogP contribution in [0.4, 0.5) is 4.39 Å². The van der Waals surface area contributed by atoms with Crippen LogP contribution in [0.25, 0.3) is 23.2 Å². The molecule has 0 aliphatic rings. The van der Waals surface area contributed by atoms with Gasteiger partial charge in [0.25, 0.3) is 5.56 Å². The summed E-state index contributed by atoms with van der Waals surface area (Å²) in [5.74, 6) is 0.874. The molecule has 2 aromatic heterocycles. The number of rotatable bonds is 6. The van der Waals surface area contributed by atoms with Crippen LogP contribution in [0.15, 0.2) is 66.0 Å². The van der Waals surface area contributed by atoms with E-state index in [1.54, 1.807) is 36.4 Å². The van der Waals surface area contributed by atoms with Gasteiger partial charge in [0.05, 0.1) is 4.53 Å². The normalized spacial score (nSPS) is 12.1. The Balaban J connectivity index is 1.58. The zero-order valence-corrected chi connectivity index (χ0v) is 16.1. The largest absolute Gasteiger partial charge is 0.490 e. The zero-order valence-electron chi connectivity index (χ0n) is 15.3. The summed E-state index contributed by atoms with van der Waals surface area (Å²) in [6.45, 7) is 4.06. The van der Waals surface area contributed by atoms with E-state index in [0.717, 1.165) is 16.9 Å².